The lowest BCUT2D eigenvalue weighted by molar-refractivity contribution is 0.164. The second-order valence-corrected chi connectivity index (χ2v) is 3.44. The largest absolute Gasteiger partial charge is 0.399 e. The number of anilines is 1. The smallest absolute Gasteiger partial charge is 0.0704 e. The molecule has 0 saturated heterocycles. The van der Waals surface area contributed by atoms with Gasteiger partial charge in [-0.3, -0.25) is 0 Å². The number of hydrogen-bond acceptors (Lipinski definition) is 3. The second kappa shape index (κ2) is 3.77. The Labute approximate surface area is 78.4 Å². The summed E-state index contributed by atoms with van der Waals surface area (Å²) in [5.41, 5.74) is 14.1. The van der Waals surface area contributed by atoms with Crippen LogP contribution in [-0.2, 0) is 0 Å². The number of nitrogens with two attached hydrogens (primary N) is 2. The third-order valence-corrected chi connectivity index (χ3v) is 2.03. The van der Waals surface area contributed by atoms with E-state index >= 15 is 0 Å². The molecule has 3 nitrogen and oxygen atoms in total. The molecule has 72 valence electrons. The molecule has 2 atom stereocenters. The Hall–Kier alpha value is -1.06. The van der Waals surface area contributed by atoms with E-state index in [1.54, 1.807) is 13.0 Å². The van der Waals surface area contributed by atoms with Crippen molar-refractivity contribution in [3.8, 4) is 0 Å². The molecule has 0 amide bonds. The van der Waals surface area contributed by atoms with Crippen LogP contribution in [0.2, 0.25) is 0 Å². The number of rotatable bonds is 2. The molecule has 0 aliphatic heterocycles. The summed E-state index contributed by atoms with van der Waals surface area (Å²) < 4.78 is 0. The molecule has 13 heavy (non-hydrogen) atoms. The van der Waals surface area contributed by atoms with Crippen molar-refractivity contribution in [2.45, 2.75) is 26.0 Å². The topological polar surface area (TPSA) is 72.3 Å². The number of nitrogen functional groups attached to an aromatic ring is 1. The Morgan fingerprint density at radius 1 is 1.31 bits per heavy atom. The van der Waals surface area contributed by atoms with Gasteiger partial charge in [0.05, 0.1) is 12.1 Å². The molecule has 0 saturated carbocycles. The van der Waals surface area contributed by atoms with Gasteiger partial charge in [-0.05, 0) is 37.1 Å². The lowest BCUT2D eigenvalue weighted by atomic mass is 10.0. The Balaban J connectivity index is 3.01. The van der Waals surface area contributed by atoms with Gasteiger partial charge in [0.1, 0.15) is 0 Å². The summed E-state index contributed by atoms with van der Waals surface area (Å²) >= 11 is 0. The summed E-state index contributed by atoms with van der Waals surface area (Å²) in [7, 11) is 0. The number of hydrogen-bond donors (Lipinski definition) is 3. The summed E-state index contributed by atoms with van der Waals surface area (Å²) in [6.45, 7) is 3.62. The normalized spacial score (nSPS) is 15.4. The maximum absolute atomic E-state index is 9.29. The van der Waals surface area contributed by atoms with Crippen LogP contribution in [-0.4, -0.2) is 11.2 Å². The maximum atomic E-state index is 9.29. The van der Waals surface area contributed by atoms with Crippen molar-refractivity contribution in [1.82, 2.24) is 0 Å². The molecule has 0 spiro atoms. The minimum atomic E-state index is -0.554. The SMILES string of the molecule is Cc1cc(N)cc(C(N)C(C)O)c1. The number of aliphatic hydroxyl groups is 1. The van der Waals surface area contributed by atoms with Crippen molar-refractivity contribution in [1.29, 1.82) is 0 Å². The zero-order valence-electron chi connectivity index (χ0n) is 7.99. The van der Waals surface area contributed by atoms with Crippen LogP contribution in [0.25, 0.3) is 0 Å². The van der Waals surface area contributed by atoms with E-state index in [9.17, 15) is 5.11 Å². The predicted octanol–water partition coefficient (Wildman–Crippen LogP) is 0.958. The fraction of sp³-hybridized carbons (Fsp3) is 0.400. The Bertz CT molecular complexity index is 277. The highest BCUT2D eigenvalue weighted by Crippen LogP contribution is 2.18. The zero-order chi connectivity index (χ0) is 10.0. The lowest BCUT2D eigenvalue weighted by Gasteiger charge is -2.16. The van der Waals surface area contributed by atoms with Crippen LogP contribution < -0.4 is 11.5 Å². The minimum Gasteiger partial charge on any atom is -0.399 e. The fourth-order valence-electron chi connectivity index (χ4n) is 1.31. The molecule has 5 N–H and O–H groups in total. The van der Waals surface area contributed by atoms with Gasteiger partial charge in [0.2, 0.25) is 0 Å². The van der Waals surface area contributed by atoms with Crippen molar-refractivity contribution in [3.63, 3.8) is 0 Å². The molecular formula is C10H16N2O. The van der Waals surface area contributed by atoms with E-state index in [0.717, 1.165) is 11.1 Å². The molecule has 0 aliphatic rings. The first-order valence-corrected chi connectivity index (χ1v) is 4.31. The van der Waals surface area contributed by atoms with Crippen molar-refractivity contribution in [2.75, 3.05) is 5.73 Å². The van der Waals surface area contributed by atoms with Gasteiger partial charge >= 0.3 is 0 Å². The van der Waals surface area contributed by atoms with E-state index < -0.39 is 6.10 Å². The second-order valence-electron chi connectivity index (χ2n) is 3.44. The third-order valence-electron chi connectivity index (χ3n) is 2.03. The molecule has 0 aromatic heterocycles. The Morgan fingerprint density at radius 3 is 2.38 bits per heavy atom. The van der Waals surface area contributed by atoms with Gasteiger partial charge in [0.15, 0.2) is 0 Å². The van der Waals surface area contributed by atoms with Crippen molar-refractivity contribution < 1.29 is 5.11 Å². The standard InChI is InChI=1S/C10H16N2O/c1-6-3-8(5-9(11)4-6)10(12)7(2)13/h3-5,7,10,13H,11-12H2,1-2H3. The zero-order valence-corrected chi connectivity index (χ0v) is 7.99. The molecule has 1 aromatic carbocycles. The van der Waals surface area contributed by atoms with Crippen LogP contribution in [0.5, 0.6) is 0 Å². The predicted molar refractivity (Wildman–Crippen MR) is 54.2 cm³/mol. The van der Waals surface area contributed by atoms with E-state index in [1.165, 1.54) is 0 Å². The van der Waals surface area contributed by atoms with Gasteiger partial charge in [0.25, 0.3) is 0 Å². The van der Waals surface area contributed by atoms with Crippen LogP contribution >= 0.6 is 0 Å². The van der Waals surface area contributed by atoms with Gasteiger partial charge in [-0.2, -0.15) is 0 Å². The highest BCUT2D eigenvalue weighted by molar-refractivity contribution is 5.45. The monoisotopic (exact) mass is 180 g/mol. The van der Waals surface area contributed by atoms with E-state index in [2.05, 4.69) is 0 Å². The highest BCUT2D eigenvalue weighted by Gasteiger charge is 2.12. The molecule has 1 rings (SSSR count). The quantitative estimate of drug-likeness (QED) is 0.593. The number of benzene rings is 1. The molecule has 2 unspecified atom stereocenters. The molecule has 3 heteroatoms. The van der Waals surface area contributed by atoms with Crippen LogP contribution in [0.1, 0.15) is 24.1 Å². The van der Waals surface area contributed by atoms with Crippen molar-refractivity contribution in [3.05, 3.63) is 29.3 Å². The third kappa shape index (κ3) is 2.44. The van der Waals surface area contributed by atoms with E-state index in [4.69, 9.17) is 11.5 Å². The van der Waals surface area contributed by atoms with Crippen LogP contribution in [0.4, 0.5) is 5.69 Å². The average Bonchev–Trinajstić information content (AvgIpc) is 2.01. The average molecular weight is 180 g/mol. The Morgan fingerprint density at radius 2 is 1.92 bits per heavy atom. The first kappa shape index (κ1) is 10.0. The fourth-order valence-corrected chi connectivity index (χ4v) is 1.31. The summed E-state index contributed by atoms with van der Waals surface area (Å²) in [5.74, 6) is 0. The van der Waals surface area contributed by atoms with Gasteiger partial charge in [-0.25, -0.2) is 0 Å². The summed E-state index contributed by atoms with van der Waals surface area (Å²) in [4.78, 5) is 0. The van der Waals surface area contributed by atoms with E-state index in [0.29, 0.717) is 5.69 Å². The van der Waals surface area contributed by atoms with Crippen molar-refractivity contribution in [2.24, 2.45) is 5.73 Å². The van der Waals surface area contributed by atoms with Gasteiger partial charge in [0, 0.05) is 5.69 Å². The molecule has 1 aromatic rings. The van der Waals surface area contributed by atoms with Gasteiger partial charge < -0.3 is 16.6 Å². The van der Waals surface area contributed by atoms with E-state index in [1.807, 2.05) is 19.1 Å². The lowest BCUT2D eigenvalue weighted by Crippen LogP contribution is -2.23. The van der Waals surface area contributed by atoms with E-state index in [-0.39, 0.29) is 6.04 Å². The molecule has 0 aliphatic carbocycles. The first-order valence-electron chi connectivity index (χ1n) is 4.31. The van der Waals surface area contributed by atoms with Gasteiger partial charge in [-0.1, -0.05) is 6.07 Å². The van der Waals surface area contributed by atoms with Crippen LogP contribution in [0, 0.1) is 6.92 Å². The molecule has 0 bridgehead atoms. The maximum Gasteiger partial charge on any atom is 0.0704 e. The molecule has 0 radical (unpaired) electrons. The summed E-state index contributed by atoms with van der Waals surface area (Å²) in [6.07, 6.45) is -0.554. The summed E-state index contributed by atoms with van der Waals surface area (Å²) in [6, 6.07) is 5.25. The molecule has 0 fully saturated rings. The van der Waals surface area contributed by atoms with Crippen molar-refractivity contribution >= 4 is 5.69 Å². The number of aliphatic hydroxyl groups excluding tert-OH is 1. The Kier molecular flexibility index (Phi) is 2.90. The first-order chi connectivity index (χ1) is 6.00. The summed E-state index contributed by atoms with van der Waals surface area (Å²) in [5, 5.41) is 9.29. The minimum absolute atomic E-state index is 0.359. The molecule has 0 heterocycles. The molecular weight excluding hydrogens is 164 g/mol. The van der Waals surface area contributed by atoms with Crippen LogP contribution in [0.15, 0.2) is 18.2 Å². The highest BCUT2D eigenvalue weighted by atomic mass is 16.3. The van der Waals surface area contributed by atoms with Crippen LogP contribution in [0.3, 0.4) is 0 Å². The number of aryl methyl sites for hydroxylation is 1. The van der Waals surface area contributed by atoms with Gasteiger partial charge in [-0.15, -0.1) is 0 Å².